The molecule has 0 bridgehead atoms. The molecule has 1 N–H and O–H groups in total. The minimum Gasteiger partial charge on any atom is -0.383 e. The van der Waals surface area contributed by atoms with Gasteiger partial charge in [0.05, 0.1) is 18.8 Å². The van der Waals surface area contributed by atoms with Crippen molar-refractivity contribution in [2.24, 2.45) is 5.92 Å². The number of halogens is 1. The van der Waals surface area contributed by atoms with Crippen LogP contribution in [0.5, 0.6) is 0 Å². The topological polar surface area (TPSA) is 104 Å². The lowest BCUT2D eigenvalue weighted by atomic mass is 9.95. The molecule has 2 aromatic rings. The first-order chi connectivity index (χ1) is 20.8. The van der Waals surface area contributed by atoms with Crippen LogP contribution in [0.25, 0.3) is 11.3 Å². The van der Waals surface area contributed by atoms with Gasteiger partial charge in [-0.2, -0.15) is 0 Å². The zero-order valence-electron chi connectivity index (χ0n) is 24.8. The molecule has 0 unspecified atom stereocenters. The number of anilines is 1. The Morgan fingerprint density at radius 2 is 1.88 bits per heavy atom. The van der Waals surface area contributed by atoms with Crippen molar-refractivity contribution >= 4 is 34.1 Å². The van der Waals surface area contributed by atoms with Crippen LogP contribution >= 0.6 is 11.3 Å². The molecule has 4 heterocycles. The molecule has 4 atom stereocenters. The summed E-state index contributed by atoms with van der Waals surface area (Å²) in [5, 5.41) is 3.96. The van der Waals surface area contributed by atoms with Crippen LogP contribution in [0.2, 0.25) is 0 Å². The Labute approximate surface area is 255 Å². The summed E-state index contributed by atoms with van der Waals surface area (Å²) in [6, 6.07) is 5.57. The van der Waals surface area contributed by atoms with Gasteiger partial charge >= 0.3 is 0 Å². The van der Waals surface area contributed by atoms with Crippen LogP contribution < -0.4 is 10.2 Å². The van der Waals surface area contributed by atoms with Crippen molar-refractivity contribution in [1.82, 2.24) is 20.1 Å². The fourth-order valence-electron chi connectivity index (χ4n) is 6.85. The van der Waals surface area contributed by atoms with Gasteiger partial charge in [0.25, 0.3) is 5.91 Å². The van der Waals surface area contributed by atoms with Gasteiger partial charge in [0.15, 0.2) is 10.9 Å². The van der Waals surface area contributed by atoms with E-state index in [1.54, 1.807) is 30.6 Å². The van der Waals surface area contributed by atoms with Crippen LogP contribution in [0.4, 0.5) is 9.52 Å². The number of aryl methyl sites for hydroxylation is 1. The van der Waals surface area contributed by atoms with Gasteiger partial charge in [0, 0.05) is 55.8 Å². The van der Waals surface area contributed by atoms with E-state index in [2.05, 4.69) is 22.0 Å². The first-order valence-corrected chi connectivity index (χ1v) is 16.1. The number of nitrogens with zero attached hydrogens (tertiary/aromatic N) is 4. The number of hydrogen-bond acceptors (Lipinski definition) is 9. The van der Waals surface area contributed by atoms with E-state index in [4.69, 9.17) is 14.5 Å². The van der Waals surface area contributed by atoms with E-state index in [0.29, 0.717) is 5.56 Å². The molecule has 6 rings (SSSR count). The third-order valence-corrected chi connectivity index (χ3v) is 10.3. The van der Waals surface area contributed by atoms with Crippen LogP contribution in [-0.2, 0) is 19.1 Å². The lowest BCUT2D eigenvalue weighted by molar-refractivity contribution is -0.139. The molecule has 1 saturated carbocycles. The Balaban J connectivity index is 1.13. The molecule has 232 valence electrons. The zero-order chi connectivity index (χ0) is 30.1. The van der Waals surface area contributed by atoms with E-state index in [1.165, 1.54) is 4.90 Å². The van der Waals surface area contributed by atoms with Gasteiger partial charge in [-0.1, -0.05) is 25.0 Å². The second-order valence-corrected chi connectivity index (χ2v) is 13.2. The number of ketones is 1. The Morgan fingerprint density at radius 3 is 2.58 bits per heavy atom. The molecule has 12 heteroatoms. The van der Waals surface area contributed by atoms with Gasteiger partial charge in [-0.25, -0.2) is 9.37 Å². The average molecular weight is 614 g/mol. The highest BCUT2D eigenvalue weighted by Crippen LogP contribution is 2.35. The molecule has 10 nitrogen and oxygen atoms in total. The predicted octanol–water partition coefficient (Wildman–Crippen LogP) is 2.69. The van der Waals surface area contributed by atoms with Gasteiger partial charge in [0.1, 0.15) is 31.0 Å². The first-order valence-electron chi connectivity index (χ1n) is 15.3. The molecule has 2 amide bonds. The standard InChI is InChI=1S/C31H40FN5O5S/c1-19-25(34-31(43-19)36-13-11-35(12-14-36)15-16-41-2)21-7-9-22(10-8-21)29(39)33-26(20-5-3-4-6-20)30(40)37-17-23(32)28-27(37)24(38)18-42-28/h7-10,20,23,26-28H,3-6,11-18H2,1-2H3,(H,33,39)/t23-,26-,27+,28+/m0/s1. The summed E-state index contributed by atoms with van der Waals surface area (Å²) in [6.07, 6.45) is 1.22. The number of nitrogens with one attached hydrogen (secondary N) is 1. The Kier molecular flexibility index (Phi) is 9.08. The predicted molar refractivity (Wildman–Crippen MR) is 161 cm³/mol. The van der Waals surface area contributed by atoms with Gasteiger partial charge in [0.2, 0.25) is 5.91 Å². The summed E-state index contributed by atoms with van der Waals surface area (Å²) in [5.74, 6) is -1.09. The normalized spacial score (nSPS) is 25.4. The van der Waals surface area contributed by atoms with Gasteiger partial charge < -0.3 is 24.6 Å². The number of rotatable bonds is 9. The van der Waals surface area contributed by atoms with Crippen LogP contribution in [0, 0.1) is 12.8 Å². The number of amides is 2. The maximum Gasteiger partial charge on any atom is 0.251 e. The summed E-state index contributed by atoms with van der Waals surface area (Å²) in [7, 11) is 1.73. The first kappa shape index (κ1) is 30.1. The SMILES string of the molecule is COCCN1CCN(c2nc(-c3ccc(C(=O)N[C@H](C(=O)N4C[C@H](F)[C@H]5OCC(=O)[C@H]54)C4CCCC4)cc3)c(C)s2)CC1. The number of Topliss-reactive ketones (excluding diaryl/α,β-unsaturated/α-hetero) is 1. The van der Waals surface area contributed by atoms with E-state index in [1.807, 2.05) is 12.1 Å². The highest BCUT2D eigenvalue weighted by atomic mass is 32.1. The molecule has 1 aromatic carbocycles. The lowest BCUT2D eigenvalue weighted by Gasteiger charge is -2.34. The van der Waals surface area contributed by atoms with E-state index >= 15 is 0 Å². The fraction of sp³-hybridized carbons (Fsp3) is 0.613. The number of carbonyl (C=O) groups is 3. The van der Waals surface area contributed by atoms with Crippen LogP contribution in [0.15, 0.2) is 24.3 Å². The van der Waals surface area contributed by atoms with Crippen LogP contribution in [-0.4, -0.2) is 116 Å². The minimum atomic E-state index is -1.41. The van der Waals surface area contributed by atoms with Crippen molar-refractivity contribution in [1.29, 1.82) is 0 Å². The number of likely N-dealkylation sites (tertiary alicyclic amines) is 1. The lowest BCUT2D eigenvalue weighted by Crippen LogP contribution is -2.54. The number of piperazine rings is 1. The molecule has 1 aromatic heterocycles. The quantitative estimate of drug-likeness (QED) is 0.461. The average Bonchev–Trinajstić information content (AvgIpc) is 3.82. The Morgan fingerprint density at radius 1 is 1.16 bits per heavy atom. The second kappa shape index (κ2) is 13.0. The largest absolute Gasteiger partial charge is 0.383 e. The van der Waals surface area contributed by atoms with Crippen molar-refractivity contribution in [3.8, 4) is 11.3 Å². The molecule has 1 aliphatic carbocycles. The number of thiazole rings is 1. The smallest absolute Gasteiger partial charge is 0.251 e. The summed E-state index contributed by atoms with van der Waals surface area (Å²) in [6.45, 7) is 7.16. The Hall–Kier alpha value is -2.93. The van der Waals surface area contributed by atoms with E-state index in [9.17, 15) is 18.8 Å². The van der Waals surface area contributed by atoms with Crippen LogP contribution in [0.1, 0.15) is 40.9 Å². The number of alkyl halides is 1. The van der Waals surface area contributed by atoms with Gasteiger partial charge in [-0.15, -0.1) is 11.3 Å². The highest BCUT2D eigenvalue weighted by Gasteiger charge is 2.54. The number of carbonyl (C=O) groups excluding carboxylic acids is 3. The summed E-state index contributed by atoms with van der Waals surface area (Å²) >= 11 is 1.68. The minimum absolute atomic E-state index is 0.0526. The van der Waals surface area contributed by atoms with Crippen LogP contribution in [0.3, 0.4) is 0 Å². The van der Waals surface area contributed by atoms with E-state index < -0.39 is 30.3 Å². The molecule has 4 aliphatic rings. The molecular formula is C31H40FN5O5S. The number of fused-ring (bicyclic) bond motifs is 1. The molecular weight excluding hydrogens is 573 g/mol. The Bertz CT molecular complexity index is 1320. The van der Waals surface area contributed by atoms with Crippen molar-refractivity contribution in [2.75, 3.05) is 64.5 Å². The van der Waals surface area contributed by atoms with Crippen molar-refractivity contribution in [3.63, 3.8) is 0 Å². The third-order valence-electron chi connectivity index (χ3n) is 9.29. The molecule has 0 radical (unpaired) electrons. The van der Waals surface area contributed by atoms with E-state index in [0.717, 1.165) is 86.3 Å². The maximum atomic E-state index is 14.6. The monoisotopic (exact) mass is 613 g/mol. The van der Waals surface area contributed by atoms with Crippen molar-refractivity contribution < 1.29 is 28.2 Å². The number of methoxy groups -OCH3 is 1. The third kappa shape index (κ3) is 6.20. The molecule has 0 spiro atoms. The number of aromatic nitrogens is 1. The molecule has 4 fully saturated rings. The number of benzene rings is 1. The summed E-state index contributed by atoms with van der Waals surface area (Å²) in [4.78, 5) is 51.7. The van der Waals surface area contributed by atoms with Crippen molar-refractivity contribution in [2.45, 2.75) is 57.0 Å². The zero-order valence-corrected chi connectivity index (χ0v) is 25.6. The van der Waals surface area contributed by atoms with Gasteiger partial charge in [-0.05, 0) is 37.8 Å². The van der Waals surface area contributed by atoms with Gasteiger partial charge in [-0.3, -0.25) is 19.3 Å². The number of hydrogen-bond donors (Lipinski definition) is 1. The summed E-state index contributed by atoms with van der Waals surface area (Å²) in [5.41, 5.74) is 2.26. The second-order valence-electron chi connectivity index (χ2n) is 12.0. The molecule has 43 heavy (non-hydrogen) atoms. The maximum absolute atomic E-state index is 14.6. The highest BCUT2D eigenvalue weighted by molar-refractivity contribution is 7.16. The van der Waals surface area contributed by atoms with E-state index in [-0.39, 0.29) is 30.8 Å². The molecule has 3 aliphatic heterocycles. The molecule has 3 saturated heterocycles. The summed E-state index contributed by atoms with van der Waals surface area (Å²) < 4.78 is 25.2. The fourth-order valence-corrected chi connectivity index (χ4v) is 7.83. The number of ether oxygens (including phenoxy) is 2. The van der Waals surface area contributed by atoms with Crippen molar-refractivity contribution in [3.05, 3.63) is 34.7 Å².